The van der Waals surface area contributed by atoms with Crippen LogP contribution in [0.2, 0.25) is 0 Å². The number of benzene rings is 1. The van der Waals surface area contributed by atoms with Gasteiger partial charge in [-0.05, 0) is 34.7 Å². The number of aromatic carboxylic acids is 1. The van der Waals surface area contributed by atoms with E-state index in [9.17, 15) is 7.86 Å². The molecule has 1 aromatic carbocycles. The fourth-order valence-corrected chi connectivity index (χ4v) is 2.84. The molecule has 0 aromatic heterocycles. The summed E-state index contributed by atoms with van der Waals surface area (Å²) in [4.78, 5) is 10.6. The fourth-order valence-electron chi connectivity index (χ4n) is 0.747. The molecule has 12 heavy (non-hydrogen) atoms. The van der Waals surface area contributed by atoms with Crippen molar-refractivity contribution in [1.82, 2.24) is 0 Å². The molecule has 1 aromatic rings. The SMILES string of the molecule is O=Ic1c(I)cccc1C(=O)O. The highest BCUT2D eigenvalue weighted by Gasteiger charge is 2.11. The zero-order chi connectivity index (χ0) is 9.14. The van der Waals surface area contributed by atoms with Crippen LogP contribution in [0.15, 0.2) is 18.2 Å². The average molecular weight is 390 g/mol. The van der Waals surface area contributed by atoms with Gasteiger partial charge >= 0.3 is 5.97 Å². The van der Waals surface area contributed by atoms with Crippen molar-refractivity contribution in [3.8, 4) is 0 Å². The van der Waals surface area contributed by atoms with E-state index in [1.807, 2.05) is 22.6 Å². The van der Waals surface area contributed by atoms with E-state index in [1.54, 1.807) is 12.1 Å². The third-order valence-electron chi connectivity index (χ3n) is 1.26. The van der Waals surface area contributed by atoms with Crippen molar-refractivity contribution in [2.45, 2.75) is 0 Å². The van der Waals surface area contributed by atoms with Gasteiger partial charge in [-0.15, -0.1) is 0 Å². The second kappa shape index (κ2) is 4.26. The van der Waals surface area contributed by atoms with Crippen LogP contribution in [0.5, 0.6) is 0 Å². The van der Waals surface area contributed by atoms with Crippen LogP contribution in [0.4, 0.5) is 0 Å². The summed E-state index contributed by atoms with van der Waals surface area (Å²) in [7, 11) is 0. The highest BCUT2D eigenvalue weighted by atomic mass is 127. The molecule has 0 aliphatic rings. The van der Waals surface area contributed by atoms with E-state index in [1.165, 1.54) is 6.07 Å². The Morgan fingerprint density at radius 3 is 2.58 bits per heavy atom. The zero-order valence-corrected chi connectivity index (χ0v) is 10.1. The first-order valence-electron chi connectivity index (χ1n) is 2.95. The van der Waals surface area contributed by atoms with Crippen LogP contribution in [0.3, 0.4) is 0 Å². The van der Waals surface area contributed by atoms with Crippen molar-refractivity contribution in [2.24, 2.45) is 0 Å². The summed E-state index contributed by atoms with van der Waals surface area (Å²) in [5, 5.41) is 8.70. The highest BCUT2D eigenvalue weighted by Crippen LogP contribution is 2.22. The molecule has 5 heteroatoms. The van der Waals surface area contributed by atoms with Crippen LogP contribution in [0, 0.1) is 7.14 Å². The molecule has 3 nitrogen and oxygen atoms in total. The van der Waals surface area contributed by atoms with Gasteiger partial charge in [-0.25, -0.2) is 4.79 Å². The zero-order valence-electron chi connectivity index (χ0n) is 5.75. The monoisotopic (exact) mass is 390 g/mol. The van der Waals surface area contributed by atoms with Gasteiger partial charge in [0.2, 0.25) is 0 Å². The molecule has 1 N–H and O–H groups in total. The molecule has 0 atom stereocenters. The lowest BCUT2D eigenvalue weighted by atomic mass is 10.2. The Morgan fingerprint density at radius 2 is 2.17 bits per heavy atom. The van der Waals surface area contributed by atoms with E-state index in [2.05, 4.69) is 0 Å². The second-order valence-electron chi connectivity index (χ2n) is 1.98. The summed E-state index contributed by atoms with van der Waals surface area (Å²) in [6, 6.07) is 4.87. The highest BCUT2D eigenvalue weighted by molar-refractivity contribution is 14.2. The summed E-state index contributed by atoms with van der Waals surface area (Å²) in [5.41, 5.74) is 0.157. The summed E-state index contributed by atoms with van der Waals surface area (Å²) in [5.74, 6) is -1.01. The number of rotatable bonds is 2. The largest absolute Gasteiger partial charge is 0.478 e. The topological polar surface area (TPSA) is 54.4 Å². The maximum atomic E-state index is 10.7. The minimum absolute atomic E-state index is 0.157. The Hall–Kier alpha value is -0.0500. The molecule has 0 spiro atoms. The first kappa shape index (κ1) is 10.0. The Balaban J connectivity index is 3.37. The van der Waals surface area contributed by atoms with Crippen molar-refractivity contribution >= 4 is 49.8 Å². The molecule has 0 fully saturated rings. The Morgan fingerprint density at radius 1 is 1.50 bits per heavy atom. The molecule has 0 radical (unpaired) electrons. The molecule has 0 saturated heterocycles. The Labute approximate surface area is 93.0 Å². The van der Waals surface area contributed by atoms with Gasteiger partial charge in [-0.3, -0.25) is 3.07 Å². The number of carboxylic acid groups (broad SMARTS) is 1. The standard InChI is InChI=1S/C7H4I2O3/c8-5-3-1-2-4(7(10)11)6(5)9-12/h1-3H,(H,10,11). The van der Waals surface area contributed by atoms with Gasteiger partial charge in [-0.1, -0.05) is 6.07 Å². The predicted octanol–water partition coefficient (Wildman–Crippen LogP) is 2.48. The number of hydrogen-bond donors (Lipinski definition) is 1. The fraction of sp³-hybridized carbons (Fsp3) is 0. The number of carboxylic acids is 1. The first-order chi connectivity index (χ1) is 5.66. The second-order valence-corrected chi connectivity index (χ2v) is 4.67. The molecule has 64 valence electrons. The lowest BCUT2D eigenvalue weighted by molar-refractivity contribution is 0.0695. The van der Waals surface area contributed by atoms with E-state index in [0.29, 0.717) is 3.57 Å². The third-order valence-corrected chi connectivity index (χ3v) is 4.79. The van der Waals surface area contributed by atoms with Crippen molar-refractivity contribution < 1.29 is 13.0 Å². The smallest absolute Gasteiger partial charge is 0.336 e. The molecule has 0 aliphatic heterocycles. The van der Waals surface area contributed by atoms with E-state index in [0.717, 1.165) is 3.57 Å². The average Bonchev–Trinajstić information content (AvgIpc) is 2.03. The lowest BCUT2D eigenvalue weighted by Gasteiger charge is -1.98. The van der Waals surface area contributed by atoms with E-state index in [-0.39, 0.29) is 5.56 Å². The Kier molecular flexibility index (Phi) is 3.56. The van der Waals surface area contributed by atoms with Gasteiger partial charge in [0, 0.05) is 3.57 Å². The summed E-state index contributed by atoms with van der Waals surface area (Å²) >= 11 is 0.578. The summed E-state index contributed by atoms with van der Waals surface area (Å²) < 4.78 is 12.0. The molecule has 0 unspecified atom stereocenters. The van der Waals surface area contributed by atoms with Crippen molar-refractivity contribution in [3.63, 3.8) is 0 Å². The van der Waals surface area contributed by atoms with Crippen molar-refractivity contribution in [1.29, 1.82) is 0 Å². The molecule has 0 heterocycles. The lowest BCUT2D eigenvalue weighted by Crippen LogP contribution is -2.00. The normalized spacial score (nSPS) is 9.75. The van der Waals surface area contributed by atoms with Crippen LogP contribution in [-0.2, 0) is 3.07 Å². The summed E-state index contributed by atoms with van der Waals surface area (Å²) in [6.45, 7) is 0. The minimum Gasteiger partial charge on any atom is -0.478 e. The third kappa shape index (κ3) is 2.00. The maximum absolute atomic E-state index is 10.7. The molecule has 0 saturated carbocycles. The molecule has 0 amide bonds. The van der Waals surface area contributed by atoms with Gasteiger partial charge in [0.05, 0.1) is 9.13 Å². The van der Waals surface area contributed by atoms with Gasteiger partial charge in [0.15, 0.2) is 21.2 Å². The number of hydrogen-bond acceptors (Lipinski definition) is 2. The molecular formula is C7H4I2O3. The number of halogens is 2. The van der Waals surface area contributed by atoms with Crippen LogP contribution < -0.4 is 0 Å². The number of carbonyl (C=O) groups is 1. The van der Waals surface area contributed by atoms with Gasteiger partial charge in [-0.2, -0.15) is 0 Å². The van der Waals surface area contributed by atoms with Crippen LogP contribution in [0.1, 0.15) is 10.4 Å². The molecule has 1 rings (SSSR count). The van der Waals surface area contributed by atoms with Gasteiger partial charge in [0.1, 0.15) is 0 Å². The van der Waals surface area contributed by atoms with E-state index >= 15 is 0 Å². The van der Waals surface area contributed by atoms with E-state index in [4.69, 9.17) is 5.11 Å². The van der Waals surface area contributed by atoms with Crippen LogP contribution in [0.25, 0.3) is 0 Å². The van der Waals surface area contributed by atoms with Gasteiger partial charge in [0.25, 0.3) is 0 Å². The molecule has 0 aliphatic carbocycles. The van der Waals surface area contributed by atoms with E-state index < -0.39 is 27.2 Å². The van der Waals surface area contributed by atoms with Crippen LogP contribution in [-0.4, -0.2) is 11.1 Å². The van der Waals surface area contributed by atoms with Crippen molar-refractivity contribution in [2.75, 3.05) is 0 Å². The maximum Gasteiger partial charge on any atom is 0.336 e. The van der Waals surface area contributed by atoms with Crippen molar-refractivity contribution in [3.05, 3.63) is 30.9 Å². The van der Waals surface area contributed by atoms with Gasteiger partial charge < -0.3 is 5.11 Å². The molecular weight excluding hydrogens is 386 g/mol. The Bertz CT molecular complexity index is 335. The quantitative estimate of drug-likeness (QED) is 0.790. The summed E-state index contributed by atoms with van der Waals surface area (Å²) in [6.07, 6.45) is 0. The first-order valence-corrected chi connectivity index (χ1v) is 5.99. The predicted molar refractivity (Wildman–Crippen MR) is 59.5 cm³/mol. The minimum atomic E-state index is -1.41. The van der Waals surface area contributed by atoms with Crippen LogP contribution >= 0.6 is 43.8 Å². The molecule has 0 bridgehead atoms.